The van der Waals surface area contributed by atoms with Crippen molar-refractivity contribution in [2.45, 2.75) is 26.3 Å². The van der Waals surface area contributed by atoms with Crippen molar-refractivity contribution >= 4 is 44.8 Å². The molecule has 30 heavy (non-hydrogen) atoms. The van der Waals surface area contributed by atoms with Crippen LogP contribution in [0.3, 0.4) is 0 Å². The van der Waals surface area contributed by atoms with Crippen molar-refractivity contribution in [1.29, 1.82) is 0 Å². The highest BCUT2D eigenvalue weighted by Gasteiger charge is 2.24. The minimum Gasteiger partial charge on any atom is -0.325 e. The van der Waals surface area contributed by atoms with Gasteiger partial charge in [-0.25, -0.2) is 8.42 Å². The number of rotatable bonds is 7. The molecule has 0 atom stereocenters. The predicted molar refractivity (Wildman–Crippen MR) is 118 cm³/mol. The van der Waals surface area contributed by atoms with Crippen molar-refractivity contribution in [1.82, 2.24) is 4.31 Å². The molecular weight excluding hydrogens is 426 g/mol. The topological polar surface area (TPSA) is 86.8 Å². The maximum absolute atomic E-state index is 12.6. The van der Waals surface area contributed by atoms with Gasteiger partial charge in [-0.3, -0.25) is 9.59 Å². The molecule has 1 heterocycles. The van der Waals surface area contributed by atoms with Crippen LogP contribution in [0.1, 0.15) is 24.0 Å². The third-order valence-electron chi connectivity index (χ3n) is 4.95. The van der Waals surface area contributed by atoms with Crippen molar-refractivity contribution in [2.24, 2.45) is 0 Å². The fraction of sp³-hybridized carbons (Fsp3) is 0.333. The molecule has 0 aromatic heterocycles. The Balaban J connectivity index is 1.74. The highest BCUT2D eigenvalue weighted by molar-refractivity contribution is 7.88. The number of amides is 2. The Labute approximate surface area is 181 Å². The Bertz CT molecular complexity index is 1070. The molecule has 2 aromatic rings. The van der Waals surface area contributed by atoms with Gasteiger partial charge in [0.2, 0.25) is 21.8 Å². The molecule has 1 fully saturated rings. The van der Waals surface area contributed by atoms with Gasteiger partial charge in [-0.2, -0.15) is 4.31 Å². The first-order valence-corrected chi connectivity index (χ1v) is 11.8. The second-order valence-corrected chi connectivity index (χ2v) is 9.71. The highest BCUT2D eigenvalue weighted by atomic mass is 35.5. The third-order valence-corrected chi connectivity index (χ3v) is 6.52. The highest BCUT2D eigenvalue weighted by Crippen LogP contribution is 2.28. The van der Waals surface area contributed by atoms with Crippen LogP contribution in [0.15, 0.2) is 42.5 Å². The van der Waals surface area contributed by atoms with E-state index < -0.39 is 15.9 Å². The molecule has 0 bridgehead atoms. The molecule has 3 rings (SSSR count). The number of nitrogens with zero attached hydrogens (tertiary/aromatic N) is 2. The van der Waals surface area contributed by atoms with Crippen molar-refractivity contribution in [3.63, 3.8) is 0 Å². The van der Waals surface area contributed by atoms with Gasteiger partial charge in [0.15, 0.2) is 0 Å². The molecule has 0 radical (unpaired) electrons. The van der Waals surface area contributed by atoms with Gasteiger partial charge >= 0.3 is 0 Å². The lowest BCUT2D eigenvalue weighted by Gasteiger charge is -2.21. The summed E-state index contributed by atoms with van der Waals surface area (Å²) in [5.74, 6) is -0.417. The lowest BCUT2D eigenvalue weighted by molar-refractivity contribution is -0.117. The van der Waals surface area contributed by atoms with Crippen molar-refractivity contribution in [3.05, 3.63) is 58.6 Å². The van der Waals surface area contributed by atoms with Gasteiger partial charge in [0, 0.05) is 35.9 Å². The minimum absolute atomic E-state index is 0.00659. The van der Waals surface area contributed by atoms with Gasteiger partial charge in [-0.1, -0.05) is 35.9 Å². The van der Waals surface area contributed by atoms with Crippen LogP contribution < -0.4 is 10.2 Å². The molecule has 160 valence electrons. The van der Waals surface area contributed by atoms with E-state index >= 15 is 0 Å². The number of carbonyl (C=O) groups excluding carboxylic acids is 2. The van der Waals surface area contributed by atoms with E-state index in [9.17, 15) is 18.0 Å². The first kappa shape index (κ1) is 22.3. The van der Waals surface area contributed by atoms with E-state index in [2.05, 4.69) is 5.32 Å². The second-order valence-electron chi connectivity index (χ2n) is 7.32. The average Bonchev–Trinajstić information content (AvgIpc) is 3.09. The quantitative estimate of drug-likeness (QED) is 0.703. The maximum Gasteiger partial charge on any atom is 0.239 e. The SMILES string of the molecule is Cc1ccc(NC(=O)CN(Cc2ccccc2Cl)S(C)(=O)=O)cc1N1CCCC1=O. The summed E-state index contributed by atoms with van der Waals surface area (Å²) in [5, 5.41) is 3.17. The number of anilines is 2. The molecule has 2 aromatic carbocycles. The molecule has 0 saturated carbocycles. The van der Waals surface area contributed by atoms with E-state index in [0.29, 0.717) is 29.2 Å². The number of sulfonamides is 1. The fourth-order valence-electron chi connectivity index (χ4n) is 3.35. The molecule has 7 nitrogen and oxygen atoms in total. The summed E-state index contributed by atoms with van der Waals surface area (Å²) in [6.45, 7) is 2.20. The summed E-state index contributed by atoms with van der Waals surface area (Å²) in [4.78, 5) is 26.4. The normalized spacial score (nSPS) is 14.4. The molecule has 0 unspecified atom stereocenters. The summed E-state index contributed by atoms with van der Waals surface area (Å²) in [7, 11) is -3.64. The third kappa shape index (κ3) is 5.38. The number of nitrogens with one attached hydrogen (secondary N) is 1. The Hall–Kier alpha value is -2.42. The Morgan fingerprint density at radius 3 is 2.60 bits per heavy atom. The largest absolute Gasteiger partial charge is 0.325 e. The van der Waals surface area contributed by atoms with Gasteiger partial charge < -0.3 is 10.2 Å². The van der Waals surface area contributed by atoms with E-state index in [1.807, 2.05) is 13.0 Å². The van der Waals surface area contributed by atoms with Gasteiger partial charge in [0.25, 0.3) is 0 Å². The monoisotopic (exact) mass is 449 g/mol. The average molecular weight is 450 g/mol. The van der Waals surface area contributed by atoms with Crippen molar-refractivity contribution in [3.8, 4) is 0 Å². The summed E-state index contributed by atoms with van der Waals surface area (Å²) >= 11 is 6.14. The number of benzene rings is 2. The second kappa shape index (κ2) is 9.16. The lowest BCUT2D eigenvalue weighted by atomic mass is 10.1. The first-order valence-electron chi connectivity index (χ1n) is 9.54. The van der Waals surface area contributed by atoms with Crippen LogP contribution in [0.4, 0.5) is 11.4 Å². The molecule has 0 spiro atoms. The van der Waals surface area contributed by atoms with Crippen LogP contribution in [0.5, 0.6) is 0 Å². The molecule has 1 N–H and O–H groups in total. The van der Waals surface area contributed by atoms with Crippen LogP contribution >= 0.6 is 11.6 Å². The zero-order valence-corrected chi connectivity index (χ0v) is 18.5. The van der Waals surface area contributed by atoms with Crippen LogP contribution in [0.25, 0.3) is 0 Å². The zero-order valence-electron chi connectivity index (χ0n) is 16.9. The van der Waals surface area contributed by atoms with E-state index in [1.165, 1.54) is 0 Å². The summed E-state index contributed by atoms with van der Waals surface area (Å²) < 4.78 is 25.5. The Morgan fingerprint density at radius 2 is 1.97 bits per heavy atom. The van der Waals surface area contributed by atoms with Crippen LogP contribution in [0, 0.1) is 6.92 Å². The lowest BCUT2D eigenvalue weighted by Crippen LogP contribution is -2.37. The number of aryl methyl sites for hydroxylation is 1. The van der Waals surface area contributed by atoms with Gasteiger partial charge in [0.05, 0.1) is 12.8 Å². The number of hydrogen-bond acceptors (Lipinski definition) is 4. The van der Waals surface area contributed by atoms with E-state index in [4.69, 9.17) is 11.6 Å². The van der Waals surface area contributed by atoms with Gasteiger partial charge in [0.1, 0.15) is 0 Å². The fourth-order valence-corrected chi connectivity index (χ4v) is 4.27. The van der Waals surface area contributed by atoms with Crippen LogP contribution in [-0.2, 0) is 26.2 Å². The zero-order chi connectivity index (χ0) is 21.9. The molecule has 1 aliphatic rings. The van der Waals surface area contributed by atoms with Crippen molar-refractivity contribution in [2.75, 3.05) is 29.6 Å². The number of halogens is 1. The standard InChI is InChI=1S/C21H24ClN3O4S/c1-15-9-10-17(12-19(15)25-11-5-8-21(25)27)23-20(26)14-24(30(2,28)29)13-16-6-3-4-7-18(16)22/h3-4,6-7,9-10,12H,5,8,11,13-14H2,1-2H3,(H,23,26). The predicted octanol–water partition coefficient (Wildman–Crippen LogP) is 3.18. The van der Waals surface area contributed by atoms with Gasteiger partial charge in [-0.05, 0) is 42.7 Å². The molecule has 9 heteroatoms. The molecular formula is C21H24ClN3O4S. The van der Waals surface area contributed by atoms with Gasteiger partial charge in [-0.15, -0.1) is 0 Å². The minimum atomic E-state index is -3.64. The molecule has 1 saturated heterocycles. The summed E-state index contributed by atoms with van der Waals surface area (Å²) in [5.41, 5.74) is 2.81. The number of carbonyl (C=O) groups is 2. The van der Waals surface area contributed by atoms with E-state index in [1.54, 1.807) is 41.3 Å². The maximum atomic E-state index is 12.6. The Kier molecular flexibility index (Phi) is 6.80. The molecule has 2 amide bonds. The van der Waals surface area contributed by atoms with E-state index in [0.717, 1.165) is 28.2 Å². The van der Waals surface area contributed by atoms with Crippen LogP contribution in [0.2, 0.25) is 5.02 Å². The van der Waals surface area contributed by atoms with Crippen molar-refractivity contribution < 1.29 is 18.0 Å². The summed E-state index contributed by atoms with van der Waals surface area (Å²) in [6.07, 6.45) is 2.38. The summed E-state index contributed by atoms with van der Waals surface area (Å²) in [6, 6.07) is 12.2. The smallest absolute Gasteiger partial charge is 0.239 e. The molecule has 0 aliphatic carbocycles. The Morgan fingerprint density at radius 1 is 1.23 bits per heavy atom. The number of hydrogen-bond donors (Lipinski definition) is 1. The first-order chi connectivity index (χ1) is 14.1. The van der Waals surface area contributed by atoms with E-state index in [-0.39, 0.29) is 19.0 Å². The van der Waals surface area contributed by atoms with Crippen LogP contribution in [-0.4, -0.2) is 43.9 Å². The molecule has 1 aliphatic heterocycles.